The highest BCUT2D eigenvalue weighted by atomic mass is 32.3. The molecule has 5 nitrogen and oxygen atoms in total. The molecule has 0 radical (unpaired) electrons. The molecular weight excluding hydrogens is 245 g/mol. The second-order valence-corrected chi connectivity index (χ2v) is 5.77. The Hall–Kier alpha value is -0.530. The number of hydrogen-bond acceptors (Lipinski definition) is 4. The van der Waals surface area contributed by atoms with E-state index in [-0.39, 0.29) is 6.04 Å². The average Bonchev–Trinajstić information content (AvgIpc) is 2.18. The zero-order chi connectivity index (χ0) is 12.9. The highest BCUT2D eigenvalue weighted by Gasteiger charge is 2.21. The van der Waals surface area contributed by atoms with Crippen LogP contribution in [0.15, 0.2) is 4.99 Å². The molecule has 17 heavy (non-hydrogen) atoms. The van der Waals surface area contributed by atoms with Crippen LogP contribution < -0.4 is 4.83 Å². The van der Waals surface area contributed by atoms with Gasteiger partial charge in [-0.1, -0.05) is 17.7 Å². The van der Waals surface area contributed by atoms with E-state index in [1.165, 1.54) is 5.01 Å². The Morgan fingerprint density at radius 2 is 2.06 bits per heavy atom. The first-order valence-corrected chi connectivity index (χ1v) is 7.24. The van der Waals surface area contributed by atoms with Gasteiger partial charge in [-0.2, -0.15) is 8.42 Å². The van der Waals surface area contributed by atoms with E-state index in [0.717, 1.165) is 19.3 Å². The van der Waals surface area contributed by atoms with Crippen molar-refractivity contribution in [1.29, 1.82) is 0 Å². The molecule has 1 saturated heterocycles. The maximum atomic E-state index is 12.4. The maximum absolute atomic E-state index is 12.4. The Labute approximate surface area is 102 Å². The van der Waals surface area contributed by atoms with Crippen LogP contribution in [0, 0.1) is 5.92 Å². The normalized spacial score (nSPS) is 20.5. The van der Waals surface area contributed by atoms with E-state index >= 15 is 0 Å². The number of hydrazine groups is 1. The minimum Gasteiger partial charge on any atom is -0.294 e. The number of halogens is 1. The summed E-state index contributed by atoms with van der Waals surface area (Å²) in [6, 6.07) is 0.231. The lowest BCUT2D eigenvalue weighted by Gasteiger charge is -2.28. The first kappa shape index (κ1) is 14.5. The fourth-order valence-corrected chi connectivity index (χ4v) is 2.17. The molecule has 7 heteroatoms. The summed E-state index contributed by atoms with van der Waals surface area (Å²) < 4.78 is 33.1. The zero-order valence-corrected chi connectivity index (χ0v) is 11.1. The van der Waals surface area contributed by atoms with Crippen molar-refractivity contribution >= 4 is 16.6 Å². The van der Waals surface area contributed by atoms with Crippen LogP contribution >= 0.6 is 0 Å². The van der Waals surface area contributed by atoms with Gasteiger partial charge in [0.15, 0.2) is 0 Å². The van der Waals surface area contributed by atoms with Crippen molar-refractivity contribution in [2.75, 3.05) is 13.1 Å². The molecule has 0 unspecified atom stereocenters. The number of nitrogens with zero attached hydrogens (tertiary/aromatic N) is 2. The fraction of sp³-hybridized carbons (Fsp3) is 0.900. The highest BCUT2D eigenvalue weighted by molar-refractivity contribution is 7.84. The lowest BCUT2D eigenvalue weighted by atomic mass is 10.1. The molecular formula is C10H20FN3O2S. The maximum Gasteiger partial charge on any atom is 0.385 e. The van der Waals surface area contributed by atoms with Gasteiger partial charge in [-0.15, -0.1) is 4.83 Å². The average molecular weight is 265 g/mol. The van der Waals surface area contributed by atoms with E-state index in [1.807, 2.05) is 11.0 Å². The molecule has 1 rings (SSSR count). The molecule has 1 fully saturated rings. The van der Waals surface area contributed by atoms with Crippen molar-refractivity contribution in [3.63, 3.8) is 0 Å². The number of rotatable bonds is 5. The molecule has 0 aromatic rings. The van der Waals surface area contributed by atoms with Crippen molar-refractivity contribution < 1.29 is 12.3 Å². The molecule has 0 amide bonds. The van der Waals surface area contributed by atoms with E-state index in [2.05, 4.69) is 18.8 Å². The standard InChI is InChI=1S/C10H20FN3O2S/c1-9(2)3-6-12-10-4-7-14(8-5-10)13-17(11,15)16/h6,9-10,13H,3-5,7-8H2,1-2H3. The van der Waals surface area contributed by atoms with E-state index < -0.39 is 10.4 Å². The van der Waals surface area contributed by atoms with Gasteiger partial charge in [-0.05, 0) is 31.4 Å². The first-order chi connectivity index (χ1) is 7.87. The van der Waals surface area contributed by atoms with Crippen LogP contribution in [-0.4, -0.2) is 38.8 Å². The first-order valence-electron chi connectivity index (χ1n) is 5.85. The number of nitrogens with one attached hydrogen (secondary N) is 1. The van der Waals surface area contributed by atoms with Gasteiger partial charge in [0.1, 0.15) is 0 Å². The number of aliphatic imine (C=N–C) groups is 1. The van der Waals surface area contributed by atoms with Crippen LogP contribution in [0.1, 0.15) is 33.1 Å². The van der Waals surface area contributed by atoms with Gasteiger partial charge in [-0.3, -0.25) is 4.99 Å². The van der Waals surface area contributed by atoms with E-state index in [9.17, 15) is 12.3 Å². The third-order valence-electron chi connectivity index (χ3n) is 2.60. The Kier molecular flexibility index (Phi) is 5.48. The fourth-order valence-electron chi connectivity index (χ4n) is 1.68. The van der Waals surface area contributed by atoms with Crippen LogP contribution in [0.3, 0.4) is 0 Å². The van der Waals surface area contributed by atoms with Gasteiger partial charge < -0.3 is 0 Å². The summed E-state index contributed by atoms with van der Waals surface area (Å²) in [7, 11) is -4.63. The molecule has 100 valence electrons. The third-order valence-corrected chi connectivity index (χ3v) is 3.07. The summed E-state index contributed by atoms with van der Waals surface area (Å²) in [6.45, 7) is 5.25. The SMILES string of the molecule is CC(C)CC=NC1CCN(NS(=O)(=O)F)CC1. The van der Waals surface area contributed by atoms with Crippen LogP contribution in [0.2, 0.25) is 0 Å². The molecule has 1 N–H and O–H groups in total. The second-order valence-electron chi connectivity index (χ2n) is 4.71. The summed E-state index contributed by atoms with van der Waals surface area (Å²) in [5.74, 6) is 0.595. The Morgan fingerprint density at radius 1 is 1.47 bits per heavy atom. The zero-order valence-electron chi connectivity index (χ0n) is 10.3. The number of piperidine rings is 1. The minimum atomic E-state index is -4.63. The van der Waals surface area contributed by atoms with Crippen molar-refractivity contribution in [3.05, 3.63) is 0 Å². The summed E-state index contributed by atoms with van der Waals surface area (Å²) in [4.78, 5) is 6.27. The third kappa shape index (κ3) is 6.70. The van der Waals surface area contributed by atoms with Crippen molar-refractivity contribution in [2.45, 2.75) is 39.2 Å². The molecule has 1 heterocycles. The molecule has 0 atom stereocenters. The Bertz CT molecular complexity index is 349. The minimum absolute atomic E-state index is 0.231. The predicted molar refractivity (Wildman–Crippen MR) is 65.7 cm³/mol. The van der Waals surface area contributed by atoms with Gasteiger partial charge in [0, 0.05) is 13.1 Å². The van der Waals surface area contributed by atoms with Gasteiger partial charge in [0.2, 0.25) is 0 Å². The van der Waals surface area contributed by atoms with Gasteiger partial charge in [0.25, 0.3) is 0 Å². The Balaban J connectivity index is 2.28. The summed E-state index contributed by atoms with van der Waals surface area (Å²) >= 11 is 0. The van der Waals surface area contributed by atoms with Crippen LogP contribution in [0.25, 0.3) is 0 Å². The van der Waals surface area contributed by atoms with E-state index in [1.54, 1.807) is 0 Å². The largest absolute Gasteiger partial charge is 0.385 e. The van der Waals surface area contributed by atoms with Gasteiger partial charge in [0.05, 0.1) is 6.04 Å². The number of hydrogen-bond donors (Lipinski definition) is 1. The molecule has 0 spiro atoms. The second kappa shape index (κ2) is 6.42. The van der Waals surface area contributed by atoms with Crippen LogP contribution in [0.5, 0.6) is 0 Å². The van der Waals surface area contributed by atoms with Gasteiger partial charge in [-0.25, -0.2) is 5.01 Å². The molecule has 0 aromatic carbocycles. The van der Waals surface area contributed by atoms with Crippen molar-refractivity contribution in [1.82, 2.24) is 9.84 Å². The molecule has 0 aromatic heterocycles. The summed E-state index contributed by atoms with van der Waals surface area (Å²) in [6.07, 6.45) is 4.38. The van der Waals surface area contributed by atoms with Crippen molar-refractivity contribution in [2.24, 2.45) is 10.9 Å². The predicted octanol–water partition coefficient (Wildman–Crippen LogP) is 1.29. The molecule has 0 bridgehead atoms. The molecule has 1 aliphatic heterocycles. The van der Waals surface area contributed by atoms with E-state index in [0.29, 0.717) is 19.0 Å². The molecule has 0 aliphatic carbocycles. The van der Waals surface area contributed by atoms with Gasteiger partial charge >= 0.3 is 10.4 Å². The van der Waals surface area contributed by atoms with Crippen LogP contribution in [-0.2, 0) is 10.4 Å². The lowest BCUT2D eigenvalue weighted by Crippen LogP contribution is -2.46. The molecule has 0 saturated carbocycles. The molecule has 1 aliphatic rings. The van der Waals surface area contributed by atoms with Crippen LogP contribution in [0.4, 0.5) is 3.89 Å². The quantitative estimate of drug-likeness (QED) is 0.602. The smallest absolute Gasteiger partial charge is 0.294 e. The lowest BCUT2D eigenvalue weighted by molar-refractivity contribution is 0.183. The summed E-state index contributed by atoms with van der Waals surface area (Å²) in [5.41, 5.74) is 0. The Morgan fingerprint density at radius 3 is 2.53 bits per heavy atom. The highest BCUT2D eigenvalue weighted by Crippen LogP contribution is 2.12. The van der Waals surface area contributed by atoms with E-state index in [4.69, 9.17) is 0 Å². The topological polar surface area (TPSA) is 61.8 Å². The summed E-state index contributed by atoms with van der Waals surface area (Å²) in [5, 5.41) is 1.38. The monoisotopic (exact) mass is 265 g/mol. The van der Waals surface area contributed by atoms with Crippen molar-refractivity contribution in [3.8, 4) is 0 Å².